The predicted octanol–water partition coefficient (Wildman–Crippen LogP) is 0.711. The lowest BCUT2D eigenvalue weighted by Gasteiger charge is -1.99. The molecular formula is C8H10N2O3. The van der Waals surface area contributed by atoms with E-state index in [1.807, 2.05) is 6.92 Å². The number of aromatic carboxylic acids is 1. The van der Waals surface area contributed by atoms with Gasteiger partial charge in [-0.1, -0.05) is 0 Å². The third-order valence-corrected chi connectivity index (χ3v) is 1.38. The van der Waals surface area contributed by atoms with Gasteiger partial charge in [-0.05, 0) is 6.92 Å². The lowest BCUT2D eigenvalue weighted by Crippen LogP contribution is -2.03. The Hall–Kier alpha value is -1.49. The number of ether oxygens (including phenoxy) is 1. The second-order valence-corrected chi connectivity index (χ2v) is 2.34. The van der Waals surface area contributed by atoms with Crippen LogP contribution in [-0.2, 0) is 11.3 Å². The van der Waals surface area contributed by atoms with Crippen LogP contribution in [0.3, 0.4) is 0 Å². The van der Waals surface area contributed by atoms with Gasteiger partial charge >= 0.3 is 5.97 Å². The minimum atomic E-state index is -1.07. The van der Waals surface area contributed by atoms with E-state index in [4.69, 9.17) is 9.84 Å². The van der Waals surface area contributed by atoms with Crippen molar-refractivity contribution in [3.8, 4) is 0 Å². The normalized spacial score (nSPS) is 9.92. The van der Waals surface area contributed by atoms with E-state index in [1.165, 1.54) is 12.4 Å². The predicted molar refractivity (Wildman–Crippen MR) is 44.3 cm³/mol. The standard InChI is InChI=1S/C8H10N2O3/c1-2-13-5-6-3-10-7(4-9-6)8(11)12/h3-4H,2,5H2,1H3,(H,11,12). The molecule has 0 radical (unpaired) electrons. The average molecular weight is 182 g/mol. The molecule has 70 valence electrons. The van der Waals surface area contributed by atoms with Crippen LogP contribution in [0.5, 0.6) is 0 Å². The number of aromatic nitrogens is 2. The molecule has 13 heavy (non-hydrogen) atoms. The fourth-order valence-corrected chi connectivity index (χ4v) is 0.746. The molecule has 0 amide bonds. The first-order chi connectivity index (χ1) is 6.24. The van der Waals surface area contributed by atoms with Gasteiger partial charge in [0, 0.05) is 6.61 Å². The number of nitrogens with zero attached hydrogens (tertiary/aromatic N) is 2. The van der Waals surface area contributed by atoms with Gasteiger partial charge in [0.1, 0.15) is 0 Å². The molecule has 1 rings (SSSR count). The van der Waals surface area contributed by atoms with E-state index in [-0.39, 0.29) is 5.69 Å². The van der Waals surface area contributed by atoms with Gasteiger partial charge in [0.2, 0.25) is 0 Å². The first-order valence-corrected chi connectivity index (χ1v) is 3.86. The molecule has 5 heteroatoms. The van der Waals surface area contributed by atoms with Gasteiger partial charge in [0.25, 0.3) is 0 Å². The second-order valence-electron chi connectivity index (χ2n) is 2.34. The Balaban J connectivity index is 2.64. The molecule has 0 saturated carbocycles. The minimum absolute atomic E-state index is 0.0553. The molecule has 0 bridgehead atoms. The van der Waals surface area contributed by atoms with Crippen molar-refractivity contribution in [2.45, 2.75) is 13.5 Å². The number of carboxylic acids is 1. The smallest absolute Gasteiger partial charge is 0.356 e. The zero-order chi connectivity index (χ0) is 9.68. The lowest BCUT2D eigenvalue weighted by atomic mass is 10.4. The summed E-state index contributed by atoms with van der Waals surface area (Å²) in [4.78, 5) is 18.0. The van der Waals surface area contributed by atoms with E-state index < -0.39 is 5.97 Å². The van der Waals surface area contributed by atoms with Crippen LogP contribution in [0.4, 0.5) is 0 Å². The van der Waals surface area contributed by atoms with Crippen LogP contribution in [-0.4, -0.2) is 27.7 Å². The quantitative estimate of drug-likeness (QED) is 0.742. The first kappa shape index (κ1) is 9.60. The summed E-state index contributed by atoms with van der Waals surface area (Å²) in [5.41, 5.74) is 0.576. The number of hydrogen-bond acceptors (Lipinski definition) is 4. The molecule has 0 aromatic carbocycles. The summed E-state index contributed by atoms with van der Waals surface area (Å²) in [6, 6.07) is 0. The molecule has 0 aliphatic carbocycles. The Morgan fingerprint density at radius 2 is 2.31 bits per heavy atom. The van der Waals surface area contributed by atoms with Crippen LogP contribution in [0.25, 0.3) is 0 Å². The topological polar surface area (TPSA) is 72.3 Å². The lowest BCUT2D eigenvalue weighted by molar-refractivity contribution is 0.0689. The van der Waals surface area contributed by atoms with Gasteiger partial charge in [-0.25, -0.2) is 9.78 Å². The number of hydrogen-bond donors (Lipinski definition) is 1. The van der Waals surface area contributed by atoms with Gasteiger partial charge in [-0.3, -0.25) is 4.98 Å². The molecule has 0 spiro atoms. The molecule has 0 aliphatic heterocycles. The van der Waals surface area contributed by atoms with E-state index in [1.54, 1.807) is 0 Å². The maximum Gasteiger partial charge on any atom is 0.356 e. The van der Waals surface area contributed by atoms with Crippen LogP contribution in [0.2, 0.25) is 0 Å². The van der Waals surface area contributed by atoms with Crippen molar-refractivity contribution in [3.63, 3.8) is 0 Å². The van der Waals surface area contributed by atoms with Crippen LogP contribution in [0.15, 0.2) is 12.4 Å². The summed E-state index contributed by atoms with van der Waals surface area (Å²) in [6.07, 6.45) is 2.62. The van der Waals surface area contributed by atoms with E-state index in [2.05, 4.69) is 9.97 Å². The molecule has 0 atom stereocenters. The molecule has 0 aliphatic rings. The Morgan fingerprint density at radius 1 is 1.54 bits per heavy atom. The van der Waals surface area contributed by atoms with Gasteiger partial charge in [-0.15, -0.1) is 0 Å². The van der Waals surface area contributed by atoms with Crippen molar-refractivity contribution in [3.05, 3.63) is 23.8 Å². The van der Waals surface area contributed by atoms with Crippen molar-refractivity contribution in [2.24, 2.45) is 0 Å². The average Bonchev–Trinajstić information content (AvgIpc) is 2.15. The zero-order valence-electron chi connectivity index (χ0n) is 7.23. The second kappa shape index (κ2) is 4.51. The summed E-state index contributed by atoms with van der Waals surface area (Å²) < 4.78 is 5.07. The largest absolute Gasteiger partial charge is 0.476 e. The molecule has 0 unspecified atom stereocenters. The molecule has 5 nitrogen and oxygen atoms in total. The van der Waals surface area contributed by atoms with Crippen LogP contribution in [0, 0.1) is 0 Å². The Kier molecular flexibility index (Phi) is 3.33. The van der Waals surface area contributed by atoms with Crippen molar-refractivity contribution in [1.82, 2.24) is 9.97 Å². The minimum Gasteiger partial charge on any atom is -0.476 e. The summed E-state index contributed by atoms with van der Waals surface area (Å²) in [7, 11) is 0. The monoisotopic (exact) mass is 182 g/mol. The van der Waals surface area contributed by atoms with Gasteiger partial charge in [0.05, 0.1) is 24.7 Å². The molecule has 1 aromatic heterocycles. The van der Waals surface area contributed by atoms with Gasteiger partial charge in [-0.2, -0.15) is 0 Å². The van der Waals surface area contributed by atoms with E-state index in [9.17, 15) is 4.79 Å². The summed E-state index contributed by atoms with van der Waals surface area (Å²) in [5.74, 6) is -1.07. The van der Waals surface area contributed by atoms with Crippen molar-refractivity contribution >= 4 is 5.97 Å². The SMILES string of the molecule is CCOCc1cnc(C(=O)O)cn1. The highest BCUT2D eigenvalue weighted by molar-refractivity contribution is 5.84. The highest BCUT2D eigenvalue weighted by atomic mass is 16.5. The Morgan fingerprint density at radius 3 is 2.77 bits per heavy atom. The molecule has 0 fully saturated rings. The van der Waals surface area contributed by atoms with Gasteiger partial charge < -0.3 is 9.84 Å². The van der Waals surface area contributed by atoms with E-state index in [0.717, 1.165) is 0 Å². The zero-order valence-corrected chi connectivity index (χ0v) is 7.23. The van der Waals surface area contributed by atoms with Gasteiger partial charge in [0.15, 0.2) is 5.69 Å². The van der Waals surface area contributed by atoms with Crippen LogP contribution in [0.1, 0.15) is 23.1 Å². The maximum absolute atomic E-state index is 10.4. The maximum atomic E-state index is 10.4. The molecule has 1 aromatic rings. The van der Waals surface area contributed by atoms with E-state index in [0.29, 0.717) is 18.9 Å². The molecule has 1 heterocycles. The Labute approximate surface area is 75.4 Å². The molecular weight excluding hydrogens is 172 g/mol. The number of rotatable bonds is 4. The summed E-state index contributed by atoms with van der Waals surface area (Å²) in [6.45, 7) is 2.84. The number of carbonyl (C=O) groups is 1. The van der Waals surface area contributed by atoms with Crippen LogP contribution >= 0.6 is 0 Å². The van der Waals surface area contributed by atoms with Crippen molar-refractivity contribution in [1.29, 1.82) is 0 Å². The van der Waals surface area contributed by atoms with E-state index >= 15 is 0 Å². The third-order valence-electron chi connectivity index (χ3n) is 1.38. The van der Waals surface area contributed by atoms with Crippen molar-refractivity contribution < 1.29 is 14.6 Å². The van der Waals surface area contributed by atoms with Crippen molar-refractivity contribution in [2.75, 3.05) is 6.61 Å². The molecule has 0 saturated heterocycles. The Bertz CT molecular complexity index is 284. The summed E-state index contributed by atoms with van der Waals surface area (Å²) in [5, 5.41) is 8.52. The summed E-state index contributed by atoms with van der Waals surface area (Å²) >= 11 is 0. The van der Waals surface area contributed by atoms with Crippen LogP contribution < -0.4 is 0 Å². The highest BCUT2D eigenvalue weighted by Crippen LogP contribution is 1.97. The first-order valence-electron chi connectivity index (χ1n) is 3.86. The fraction of sp³-hybridized carbons (Fsp3) is 0.375. The number of carboxylic acid groups (broad SMARTS) is 1. The third kappa shape index (κ3) is 2.79. The highest BCUT2D eigenvalue weighted by Gasteiger charge is 2.04. The molecule has 1 N–H and O–H groups in total. The fourth-order valence-electron chi connectivity index (χ4n) is 0.746.